The molecule has 0 unspecified atom stereocenters. The largest absolute Gasteiger partial charge is 0.449 e. The molecule has 6 nitrogen and oxygen atoms in total. The summed E-state index contributed by atoms with van der Waals surface area (Å²) >= 11 is 0. The van der Waals surface area contributed by atoms with Gasteiger partial charge >= 0.3 is 6.09 Å². The van der Waals surface area contributed by atoms with Gasteiger partial charge in [0.1, 0.15) is 6.61 Å². The number of carbonyl (C=O) groups is 1. The Kier molecular flexibility index (Phi) is 4.68. The van der Waals surface area contributed by atoms with E-state index in [0.29, 0.717) is 31.9 Å². The Bertz CT molecular complexity index is 451. The van der Waals surface area contributed by atoms with Gasteiger partial charge in [0.25, 0.3) is 0 Å². The van der Waals surface area contributed by atoms with E-state index in [1.807, 2.05) is 0 Å². The van der Waals surface area contributed by atoms with Gasteiger partial charge in [0.2, 0.25) is 0 Å². The third-order valence-electron chi connectivity index (χ3n) is 3.11. The maximum absolute atomic E-state index is 11.8. The van der Waals surface area contributed by atoms with Crippen LogP contribution in [0.3, 0.4) is 0 Å². The number of aliphatic hydroxyl groups excluding tert-OH is 1. The number of unbranched alkanes of at least 4 members (excludes halogenated alkanes) is 1. The van der Waals surface area contributed by atoms with Crippen LogP contribution in [0.5, 0.6) is 0 Å². The highest BCUT2D eigenvalue weighted by Gasteiger charge is 2.23. The number of fused-ring (bicyclic) bond motifs is 1. The number of ether oxygens (including phenoxy) is 1. The lowest BCUT2D eigenvalue weighted by Gasteiger charge is -2.27. The molecule has 0 saturated carbocycles. The number of carbonyl (C=O) groups excluding carboxylic acids is 1. The van der Waals surface area contributed by atoms with E-state index >= 15 is 0 Å². The summed E-state index contributed by atoms with van der Waals surface area (Å²) in [6.45, 7) is 3.45. The zero-order chi connectivity index (χ0) is 13.7. The zero-order valence-corrected chi connectivity index (χ0v) is 11.1. The smallest absolute Gasteiger partial charge is 0.410 e. The van der Waals surface area contributed by atoms with Gasteiger partial charge in [-0.3, -0.25) is 0 Å². The summed E-state index contributed by atoms with van der Waals surface area (Å²) in [4.78, 5) is 21.8. The van der Waals surface area contributed by atoms with Gasteiger partial charge in [0.15, 0.2) is 5.82 Å². The number of nitrogens with zero attached hydrogens (tertiary/aromatic N) is 3. The van der Waals surface area contributed by atoms with Gasteiger partial charge in [-0.1, -0.05) is 13.3 Å². The van der Waals surface area contributed by atoms with Crippen molar-refractivity contribution in [3.63, 3.8) is 0 Å². The van der Waals surface area contributed by atoms with Crippen molar-refractivity contribution in [2.24, 2.45) is 0 Å². The standard InChI is InChI=1S/C13H19N3O3/c1-2-3-6-19-13(18)16-5-4-11-10(8-16)7-14-12(9-17)15-11/h7,17H,2-6,8-9H2,1H3. The van der Waals surface area contributed by atoms with Crippen LogP contribution in [-0.4, -0.2) is 39.2 Å². The van der Waals surface area contributed by atoms with E-state index in [1.165, 1.54) is 0 Å². The minimum Gasteiger partial charge on any atom is -0.449 e. The monoisotopic (exact) mass is 265 g/mol. The van der Waals surface area contributed by atoms with Gasteiger partial charge in [0, 0.05) is 24.7 Å². The normalized spacial score (nSPS) is 14.1. The predicted octanol–water partition coefficient (Wildman–Crippen LogP) is 1.26. The molecule has 1 amide bonds. The number of hydrogen-bond donors (Lipinski definition) is 1. The van der Waals surface area contributed by atoms with Crippen LogP contribution in [0.25, 0.3) is 0 Å². The second-order valence-electron chi connectivity index (χ2n) is 4.56. The fourth-order valence-electron chi connectivity index (χ4n) is 1.98. The maximum atomic E-state index is 11.8. The molecule has 0 saturated heterocycles. The fraction of sp³-hybridized carbons (Fsp3) is 0.615. The minimum atomic E-state index is -0.273. The summed E-state index contributed by atoms with van der Waals surface area (Å²) in [5, 5.41) is 8.99. The van der Waals surface area contributed by atoms with Gasteiger partial charge in [-0.15, -0.1) is 0 Å². The number of rotatable bonds is 4. The Labute approximate surface area is 112 Å². The Hall–Kier alpha value is -1.69. The lowest BCUT2D eigenvalue weighted by atomic mass is 10.1. The fourth-order valence-corrected chi connectivity index (χ4v) is 1.98. The first kappa shape index (κ1) is 13.7. The van der Waals surface area contributed by atoms with Crippen molar-refractivity contribution in [3.8, 4) is 0 Å². The average Bonchev–Trinajstić information content (AvgIpc) is 2.46. The summed E-state index contributed by atoms with van der Waals surface area (Å²) in [6, 6.07) is 0. The van der Waals surface area contributed by atoms with Crippen LogP contribution in [0.2, 0.25) is 0 Å². The van der Waals surface area contributed by atoms with Crippen LogP contribution in [0.1, 0.15) is 36.8 Å². The SMILES string of the molecule is CCCCOC(=O)N1CCc2nc(CO)ncc2C1. The van der Waals surface area contributed by atoms with Crippen molar-refractivity contribution in [3.05, 3.63) is 23.3 Å². The van der Waals surface area contributed by atoms with Gasteiger partial charge < -0.3 is 14.7 Å². The second-order valence-corrected chi connectivity index (χ2v) is 4.56. The molecule has 0 aromatic carbocycles. The molecule has 1 aliphatic heterocycles. The van der Waals surface area contributed by atoms with Crippen LogP contribution in [-0.2, 0) is 24.3 Å². The quantitative estimate of drug-likeness (QED) is 0.829. The molecule has 0 bridgehead atoms. The third kappa shape index (κ3) is 3.41. The van der Waals surface area contributed by atoms with Crippen LogP contribution < -0.4 is 0 Å². The number of aliphatic hydroxyl groups is 1. The molecular weight excluding hydrogens is 246 g/mol. The number of hydrogen-bond acceptors (Lipinski definition) is 5. The number of amides is 1. The van der Waals surface area contributed by atoms with Crippen molar-refractivity contribution < 1.29 is 14.6 Å². The van der Waals surface area contributed by atoms with Crippen LogP contribution >= 0.6 is 0 Å². The van der Waals surface area contributed by atoms with Crippen molar-refractivity contribution in [2.75, 3.05) is 13.2 Å². The van der Waals surface area contributed by atoms with Gasteiger partial charge in [-0.2, -0.15) is 0 Å². The first-order valence-electron chi connectivity index (χ1n) is 6.60. The van der Waals surface area contributed by atoms with E-state index in [0.717, 1.165) is 24.1 Å². The molecule has 1 N–H and O–H groups in total. The summed E-state index contributed by atoms with van der Waals surface area (Å²) in [5.41, 5.74) is 1.84. The molecule has 0 spiro atoms. The zero-order valence-electron chi connectivity index (χ0n) is 11.1. The molecule has 0 aliphatic carbocycles. The molecule has 0 atom stereocenters. The number of aromatic nitrogens is 2. The van der Waals surface area contributed by atoms with Crippen LogP contribution in [0.4, 0.5) is 4.79 Å². The van der Waals surface area contributed by atoms with Crippen molar-refractivity contribution >= 4 is 6.09 Å². The van der Waals surface area contributed by atoms with Crippen LogP contribution in [0.15, 0.2) is 6.20 Å². The second kappa shape index (κ2) is 6.47. The van der Waals surface area contributed by atoms with Crippen molar-refractivity contribution in [1.29, 1.82) is 0 Å². The molecule has 1 aromatic heterocycles. The molecule has 2 heterocycles. The van der Waals surface area contributed by atoms with E-state index in [-0.39, 0.29) is 12.7 Å². The summed E-state index contributed by atoms with van der Waals surface area (Å²) < 4.78 is 5.19. The maximum Gasteiger partial charge on any atom is 0.410 e. The highest BCUT2D eigenvalue weighted by atomic mass is 16.6. The first-order valence-corrected chi connectivity index (χ1v) is 6.60. The predicted molar refractivity (Wildman–Crippen MR) is 68.3 cm³/mol. The Balaban J connectivity index is 1.96. The Morgan fingerprint density at radius 3 is 3.16 bits per heavy atom. The van der Waals surface area contributed by atoms with Gasteiger partial charge in [0.05, 0.1) is 18.8 Å². The molecule has 104 valence electrons. The molecule has 19 heavy (non-hydrogen) atoms. The van der Waals surface area contributed by atoms with E-state index in [9.17, 15) is 4.79 Å². The lowest BCUT2D eigenvalue weighted by Crippen LogP contribution is -2.37. The molecule has 0 fully saturated rings. The third-order valence-corrected chi connectivity index (χ3v) is 3.11. The Morgan fingerprint density at radius 2 is 2.42 bits per heavy atom. The minimum absolute atomic E-state index is 0.157. The van der Waals surface area contributed by atoms with Crippen LogP contribution in [0, 0.1) is 0 Å². The van der Waals surface area contributed by atoms with E-state index < -0.39 is 0 Å². The average molecular weight is 265 g/mol. The molecule has 6 heteroatoms. The lowest BCUT2D eigenvalue weighted by molar-refractivity contribution is 0.0962. The van der Waals surface area contributed by atoms with Gasteiger partial charge in [-0.25, -0.2) is 14.8 Å². The highest BCUT2D eigenvalue weighted by Crippen LogP contribution is 2.17. The molecular formula is C13H19N3O3. The van der Waals surface area contributed by atoms with Crippen molar-refractivity contribution in [1.82, 2.24) is 14.9 Å². The molecule has 1 aliphatic rings. The van der Waals surface area contributed by atoms with E-state index in [4.69, 9.17) is 9.84 Å². The summed E-state index contributed by atoms with van der Waals surface area (Å²) in [7, 11) is 0. The van der Waals surface area contributed by atoms with Crippen molar-refractivity contribution in [2.45, 2.75) is 39.3 Å². The summed E-state index contributed by atoms with van der Waals surface area (Å²) in [5.74, 6) is 0.428. The molecule has 0 radical (unpaired) electrons. The molecule has 1 aromatic rings. The highest BCUT2D eigenvalue weighted by molar-refractivity contribution is 5.68. The first-order chi connectivity index (χ1) is 9.24. The van der Waals surface area contributed by atoms with Gasteiger partial charge in [-0.05, 0) is 6.42 Å². The topological polar surface area (TPSA) is 75.5 Å². The van der Waals surface area contributed by atoms with E-state index in [1.54, 1.807) is 11.1 Å². The summed E-state index contributed by atoms with van der Waals surface area (Å²) in [6.07, 6.45) is 3.98. The Morgan fingerprint density at radius 1 is 1.58 bits per heavy atom. The molecule has 2 rings (SSSR count). The van der Waals surface area contributed by atoms with E-state index in [2.05, 4.69) is 16.9 Å².